The van der Waals surface area contributed by atoms with Crippen LogP contribution in [0.5, 0.6) is 0 Å². The van der Waals surface area contributed by atoms with Crippen LogP contribution in [0.3, 0.4) is 0 Å². The highest BCUT2D eigenvalue weighted by atomic mass is 16.5. The van der Waals surface area contributed by atoms with Gasteiger partial charge in [-0.2, -0.15) is 0 Å². The van der Waals surface area contributed by atoms with Gasteiger partial charge in [0.2, 0.25) is 5.91 Å². The van der Waals surface area contributed by atoms with Crippen LogP contribution in [0.25, 0.3) is 0 Å². The van der Waals surface area contributed by atoms with E-state index >= 15 is 0 Å². The fourth-order valence-corrected chi connectivity index (χ4v) is 4.25. The second-order valence-electron chi connectivity index (χ2n) is 8.37. The molecule has 1 aromatic rings. The lowest BCUT2D eigenvalue weighted by Crippen LogP contribution is -2.49. The quantitative estimate of drug-likeness (QED) is 0.448. The van der Waals surface area contributed by atoms with Gasteiger partial charge in [-0.1, -0.05) is 57.0 Å². The van der Waals surface area contributed by atoms with Gasteiger partial charge in [0.15, 0.2) is 6.10 Å². The predicted octanol–water partition coefficient (Wildman–Crippen LogP) is 3.98. The Labute approximate surface area is 175 Å². The van der Waals surface area contributed by atoms with Crippen molar-refractivity contribution in [1.29, 1.82) is 0 Å². The maximum Gasteiger partial charge on any atom is 0.337 e. The number of rotatable bonds is 11. The first-order chi connectivity index (χ1) is 14.0. The number of hydrogen-bond donors (Lipinski definition) is 1. The number of hydrogen-bond acceptors (Lipinski definition) is 4. The smallest absolute Gasteiger partial charge is 0.337 e. The molecule has 1 amide bonds. The molecule has 162 valence electrons. The number of esters is 1. The zero-order valence-corrected chi connectivity index (χ0v) is 18.2. The predicted molar refractivity (Wildman–Crippen MR) is 114 cm³/mol. The molecule has 1 aliphatic heterocycles. The third-order valence-electron chi connectivity index (χ3n) is 5.92. The number of carbonyl (C=O) groups is 2. The van der Waals surface area contributed by atoms with Gasteiger partial charge in [-0.15, -0.1) is 0 Å². The molecule has 1 fully saturated rings. The molecule has 0 aromatic heterocycles. The topological polar surface area (TPSA) is 66.8 Å². The minimum Gasteiger partial charge on any atom is -0.464 e. The summed E-state index contributed by atoms with van der Waals surface area (Å²) in [4.78, 5) is 26.9. The van der Waals surface area contributed by atoms with E-state index in [9.17, 15) is 14.7 Å². The Morgan fingerprint density at radius 2 is 1.90 bits per heavy atom. The molecule has 0 spiro atoms. The Hall–Kier alpha value is -1.88. The van der Waals surface area contributed by atoms with Crippen molar-refractivity contribution in [3.63, 3.8) is 0 Å². The van der Waals surface area contributed by atoms with Gasteiger partial charge >= 0.3 is 5.97 Å². The summed E-state index contributed by atoms with van der Waals surface area (Å²) in [5.74, 6) is -0.382. The number of aliphatic hydroxyl groups excluding tert-OH is 1. The van der Waals surface area contributed by atoms with Crippen LogP contribution in [0.4, 0.5) is 0 Å². The van der Waals surface area contributed by atoms with Crippen LogP contribution < -0.4 is 0 Å². The normalized spacial score (nSPS) is 18.7. The van der Waals surface area contributed by atoms with E-state index < -0.39 is 18.1 Å². The van der Waals surface area contributed by atoms with Crippen molar-refractivity contribution < 1.29 is 19.4 Å². The van der Waals surface area contributed by atoms with Gasteiger partial charge < -0.3 is 14.7 Å². The molecule has 1 aromatic carbocycles. The Morgan fingerprint density at radius 3 is 2.55 bits per heavy atom. The van der Waals surface area contributed by atoms with E-state index in [1.807, 2.05) is 6.07 Å². The summed E-state index contributed by atoms with van der Waals surface area (Å²) in [6, 6.07) is 10.0. The molecule has 2 unspecified atom stereocenters. The van der Waals surface area contributed by atoms with E-state index in [0.29, 0.717) is 13.0 Å². The van der Waals surface area contributed by atoms with Crippen molar-refractivity contribution in [2.45, 2.75) is 77.9 Å². The molecule has 1 heterocycles. The van der Waals surface area contributed by atoms with Crippen LogP contribution >= 0.6 is 0 Å². The lowest BCUT2D eigenvalue weighted by Gasteiger charge is -2.32. The fraction of sp³-hybridized carbons (Fsp3) is 0.667. The van der Waals surface area contributed by atoms with Crippen molar-refractivity contribution in [2.75, 3.05) is 13.2 Å². The van der Waals surface area contributed by atoms with Crippen LogP contribution in [0.15, 0.2) is 30.3 Å². The number of amides is 1. The van der Waals surface area contributed by atoms with Crippen molar-refractivity contribution in [2.24, 2.45) is 11.8 Å². The van der Waals surface area contributed by atoms with Crippen LogP contribution in [-0.2, 0) is 20.7 Å². The fourth-order valence-electron chi connectivity index (χ4n) is 4.25. The first-order valence-corrected chi connectivity index (χ1v) is 11.1. The maximum atomic E-state index is 13.2. The molecule has 1 N–H and O–H groups in total. The van der Waals surface area contributed by atoms with Gasteiger partial charge in [-0.3, -0.25) is 4.79 Å². The first-order valence-electron chi connectivity index (χ1n) is 11.1. The molecule has 3 atom stereocenters. The SMILES string of the molecule is CCOC(=O)C(O)C1CCCN1C(=O)[C@@H](CCCCCc1ccccc1)C(C)C. The minimum absolute atomic E-state index is 0.0679. The number of nitrogens with zero attached hydrogens (tertiary/aromatic N) is 1. The average molecular weight is 404 g/mol. The standard InChI is InChI=1S/C24H37NO4/c1-4-29-24(28)22(26)21-16-11-17-25(21)23(27)20(18(2)3)15-10-6-9-14-19-12-7-5-8-13-19/h5,7-8,12-13,18,20-22,26H,4,6,9-11,14-17H2,1-3H3/t20-,21?,22?/m0/s1. The third kappa shape index (κ3) is 6.84. The van der Waals surface area contributed by atoms with Gasteiger partial charge in [0, 0.05) is 12.5 Å². The lowest BCUT2D eigenvalue weighted by atomic mass is 9.88. The summed E-state index contributed by atoms with van der Waals surface area (Å²) < 4.78 is 4.95. The molecule has 0 aliphatic carbocycles. The highest BCUT2D eigenvalue weighted by molar-refractivity contribution is 5.82. The second kappa shape index (κ2) is 12.0. The van der Waals surface area contributed by atoms with Crippen LogP contribution in [-0.4, -0.2) is 47.2 Å². The molecule has 5 nitrogen and oxygen atoms in total. The van der Waals surface area contributed by atoms with E-state index in [1.165, 1.54) is 5.56 Å². The molecule has 2 rings (SSSR count). The zero-order chi connectivity index (χ0) is 21.2. The van der Waals surface area contributed by atoms with Crippen LogP contribution in [0.1, 0.15) is 64.9 Å². The molecule has 29 heavy (non-hydrogen) atoms. The molecule has 1 saturated heterocycles. The van der Waals surface area contributed by atoms with Crippen molar-refractivity contribution in [3.05, 3.63) is 35.9 Å². The highest BCUT2D eigenvalue weighted by Gasteiger charge is 2.40. The molecule has 5 heteroatoms. The number of unbranched alkanes of at least 4 members (excludes halogenated alkanes) is 2. The summed E-state index contributed by atoms with van der Waals surface area (Å²) in [7, 11) is 0. The van der Waals surface area contributed by atoms with Gasteiger partial charge in [0.25, 0.3) is 0 Å². The third-order valence-corrected chi connectivity index (χ3v) is 5.92. The molecule has 0 saturated carbocycles. The Bertz CT molecular complexity index is 631. The molecular weight excluding hydrogens is 366 g/mol. The van der Waals surface area contributed by atoms with Gasteiger partial charge in [-0.25, -0.2) is 4.79 Å². The number of ether oxygens (including phenoxy) is 1. The van der Waals surface area contributed by atoms with Crippen molar-refractivity contribution >= 4 is 11.9 Å². The Balaban J connectivity index is 1.86. The molecule has 0 bridgehead atoms. The van der Waals surface area contributed by atoms with Crippen molar-refractivity contribution in [3.8, 4) is 0 Å². The molecular formula is C24H37NO4. The van der Waals surface area contributed by atoms with Crippen molar-refractivity contribution in [1.82, 2.24) is 4.90 Å². The van der Waals surface area contributed by atoms with Gasteiger partial charge in [-0.05, 0) is 50.5 Å². The zero-order valence-electron chi connectivity index (χ0n) is 18.2. The van der Waals surface area contributed by atoms with Crippen LogP contribution in [0.2, 0.25) is 0 Å². The summed E-state index contributed by atoms with van der Waals surface area (Å²) in [6.07, 6.45) is 5.37. The summed E-state index contributed by atoms with van der Waals surface area (Å²) in [5, 5.41) is 10.4. The summed E-state index contributed by atoms with van der Waals surface area (Å²) in [5.41, 5.74) is 1.36. The number of benzene rings is 1. The molecule has 1 aliphatic rings. The van der Waals surface area contributed by atoms with E-state index in [-0.39, 0.29) is 24.3 Å². The van der Waals surface area contributed by atoms with E-state index in [4.69, 9.17) is 4.74 Å². The maximum absolute atomic E-state index is 13.2. The largest absolute Gasteiger partial charge is 0.464 e. The van der Waals surface area contributed by atoms with E-state index in [0.717, 1.165) is 38.5 Å². The number of likely N-dealkylation sites (tertiary alicyclic amines) is 1. The monoisotopic (exact) mass is 403 g/mol. The Morgan fingerprint density at radius 1 is 1.17 bits per heavy atom. The second-order valence-corrected chi connectivity index (χ2v) is 8.37. The Kier molecular flexibility index (Phi) is 9.65. The minimum atomic E-state index is -1.25. The lowest BCUT2D eigenvalue weighted by molar-refractivity contribution is -0.158. The van der Waals surface area contributed by atoms with Gasteiger partial charge in [0.05, 0.1) is 12.6 Å². The first kappa shape index (κ1) is 23.4. The molecule has 0 radical (unpaired) electrons. The highest BCUT2D eigenvalue weighted by Crippen LogP contribution is 2.28. The summed E-state index contributed by atoms with van der Waals surface area (Å²) in [6.45, 7) is 6.72. The van der Waals surface area contributed by atoms with E-state index in [1.54, 1.807) is 11.8 Å². The van der Waals surface area contributed by atoms with Gasteiger partial charge in [0.1, 0.15) is 0 Å². The number of carbonyl (C=O) groups excluding carboxylic acids is 2. The summed E-state index contributed by atoms with van der Waals surface area (Å²) >= 11 is 0. The van der Waals surface area contributed by atoms with Crippen LogP contribution in [0, 0.1) is 11.8 Å². The average Bonchev–Trinajstić information content (AvgIpc) is 3.20. The van der Waals surface area contributed by atoms with E-state index in [2.05, 4.69) is 38.1 Å². The number of aliphatic hydroxyl groups is 1. The number of aryl methyl sites for hydroxylation is 1.